The number of hydrogen-bond donors (Lipinski definition) is 2. The molecule has 2 aromatic rings. The number of methoxy groups -OCH3 is 1. The highest BCUT2D eigenvalue weighted by Crippen LogP contribution is 2.15. The van der Waals surface area contributed by atoms with E-state index in [4.69, 9.17) is 9.47 Å². The van der Waals surface area contributed by atoms with E-state index in [1.165, 1.54) is 0 Å². The largest absolute Gasteiger partial charge is 0.497 e. The van der Waals surface area contributed by atoms with Crippen molar-refractivity contribution >= 4 is 29.9 Å². The molecule has 27 heavy (non-hydrogen) atoms. The summed E-state index contributed by atoms with van der Waals surface area (Å²) in [6.45, 7) is 8.18. The van der Waals surface area contributed by atoms with Gasteiger partial charge in [-0.05, 0) is 56.2 Å². The van der Waals surface area contributed by atoms with Crippen molar-refractivity contribution in [2.24, 2.45) is 4.99 Å². The van der Waals surface area contributed by atoms with Gasteiger partial charge in [0.2, 0.25) is 0 Å². The van der Waals surface area contributed by atoms with Crippen molar-refractivity contribution < 1.29 is 9.47 Å². The maximum atomic E-state index is 5.74. The lowest BCUT2D eigenvalue weighted by atomic mass is 10.2. The number of rotatable bonds is 8. The molecule has 0 amide bonds. The minimum absolute atomic E-state index is 0. The predicted molar refractivity (Wildman–Crippen MR) is 122 cm³/mol. The summed E-state index contributed by atoms with van der Waals surface area (Å²) in [6, 6.07) is 16.1. The molecular formula is C21H30IN3O2. The van der Waals surface area contributed by atoms with Crippen LogP contribution < -0.4 is 20.1 Å². The summed E-state index contributed by atoms with van der Waals surface area (Å²) in [5, 5.41) is 6.63. The molecule has 0 saturated carbocycles. The van der Waals surface area contributed by atoms with Gasteiger partial charge in [0, 0.05) is 13.1 Å². The molecule has 0 aliphatic carbocycles. The van der Waals surface area contributed by atoms with Crippen molar-refractivity contribution in [3.63, 3.8) is 0 Å². The van der Waals surface area contributed by atoms with Crippen molar-refractivity contribution in [1.82, 2.24) is 10.6 Å². The van der Waals surface area contributed by atoms with E-state index in [-0.39, 0.29) is 30.1 Å². The SMILES string of the molecule is CCNC(=NCc1cccc(OC(C)C)c1)NCc1cccc(OC)c1.I. The number of hydrogen-bond acceptors (Lipinski definition) is 3. The van der Waals surface area contributed by atoms with E-state index in [9.17, 15) is 0 Å². The normalized spacial score (nSPS) is 10.9. The summed E-state index contributed by atoms with van der Waals surface area (Å²) in [7, 11) is 1.68. The van der Waals surface area contributed by atoms with Crippen molar-refractivity contribution in [2.45, 2.75) is 40.0 Å². The topological polar surface area (TPSA) is 54.9 Å². The molecular weight excluding hydrogens is 453 g/mol. The first-order valence-electron chi connectivity index (χ1n) is 9.01. The number of aliphatic imine (C=N–C) groups is 1. The van der Waals surface area contributed by atoms with E-state index in [0.717, 1.165) is 35.1 Å². The lowest BCUT2D eigenvalue weighted by Gasteiger charge is -2.13. The van der Waals surface area contributed by atoms with Gasteiger partial charge in [0.15, 0.2) is 5.96 Å². The van der Waals surface area contributed by atoms with Crippen molar-refractivity contribution in [3.05, 3.63) is 59.7 Å². The fourth-order valence-electron chi connectivity index (χ4n) is 2.47. The van der Waals surface area contributed by atoms with Crippen LogP contribution in [0.4, 0.5) is 0 Å². The van der Waals surface area contributed by atoms with Crippen LogP contribution in [0.1, 0.15) is 31.9 Å². The second kappa shape index (κ2) is 12.4. The predicted octanol–water partition coefficient (Wildman–Crippen LogP) is 4.36. The molecule has 0 fully saturated rings. The van der Waals surface area contributed by atoms with Crippen molar-refractivity contribution in [1.29, 1.82) is 0 Å². The number of nitrogens with zero attached hydrogens (tertiary/aromatic N) is 1. The summed E-state index contributed by atoms with van der Waals surface area (Å²) >= 11 is 0. The highest BCUT2D eigenvalue weighted by atomic mass is 127. The Balaban J connectivity index is 0.00000364. The summed E-state index contributed by atoms with van der Waals surface area (Å²) in [4.78, 5) is 4.67. The molecule has 6 heteroatoms. The fourth-order valence-corrected chi connectivity index (χ4v) is 2.47. The molecule has 0 radical (unpaired) electrons. The fraction of sp³-hybridized carbons (Fsp3) is 0.381. The minimum Gasteiger partial charge on any atom is -0.497 e. The number of benzene rings is 2. The average molecular weight is 483 g/mol. The molecule has 0 heterocycles. The Hall–Kier alpha value is -1.96. The third-order valence-corrected chi connectivity index (χ3v) is 3.63. The van der Waals surface area contributed by atoms with E-state index >= 15 is 0 Å². The summed E-state index contributed by atoms with van der Waals surface area (Å²) < 4.78 is 11.0. The maximum Gasteiger partial charge on any atom is 0.191 e. The van der Waals surface area contributed by atoms with Gasteiger partial charge in [0.1, 0.15) is 11.5 Å². The van der Waals surface area contributed by atoms with Crippen LogP contribution in [-0.2, 0) is 13.1 Å². The summed E-state index contributed by atoms with van der Waals surface area (Å²) in [6.07, 6.45) is 0.163. The highest BCUT2D eigenvalue weighted by Gasteiger charge is 2.02. The van der Waals surface area contributed by atoms with E-state index < -0.39 is 0 Å². The smallest absolute Gasteiger partial charge is 0.191 e. The molecule has 2 N–H and O–H groups in total. The van der Waals surface area contributed by atoms with E-state index in [0.29, 0.717) is 13.1 Å². The van der Waals surface area contributed by atoms with Crippen molar-refractivity contribution in [3.8, 4) is 11.5 Å². The Kier molecular flexibility index (Phi) is 10.6. The minimum atomic E-state index is 0. The van der Waals surface area contributed by atoms with Gasteiger partial charge in [-0.25, -0.2) is 4.99 Å². The molecule has 2 aromatic carbocycles. The zero-order chi connectivity index (χ0) is 18.8. The molecule has 0 unspecified atom stereocenters. The number of nitrogens with one attached hydrogen (secondary N) is 2. The lowest BCUT2D eigenvalue weighted by molar-refractivity contribution is 0.242. The van der Waals surface area contributed by atoms with Gasteiger partial charge in [0.25, 0.3) is 0 Å². The Morgan fingerprint density at radius 2 is 1.67 bits per heavy atom. The van der Waals surface area contributed by atoms with E-state index in [2.05, 4.69) is 34.7 Å². The highest BCUT2D eigenvalue weighted by molar-refractivity contribution is 14.0. The van der Waals surface area contributed by atoms with Gasteiger partial charge in [-0.1, -0.05) is 24.3 Å². The molecule has 2 rings (SSSR count). The molecule has 0 spiro atoms. The first-order valence-corrected chi connectivity index (χ1v) is 9.01. The summed E-state index contributed by atoms with van der Waals surface area (Å²) in [5.41, 5.74) is 2.25. The zero-order valence-corrected chi connectivity index (χ0v) is 18.8. The van der Waals surface area contributed by atoms with E-state index in [1.54, 1.807) is 7.11 Å². The number of guanidine groups is 1. The van der Waals surface area contributed by atoms with Crippen LogP contribution in [0.3, 0.4) is 0 Å². The first kappa shape index (κ1) is 23.1. The standard InChI is InChI=1S/C21H29N3O2.HI/c1-5-22-21(23-14-17-8-6-10-19(12-17)25-4)24-15-18-9-7-11-20(13-18)26-16(2)3;/h6-13,16H,5,14-15H2,1-4H3,(H2,22,23,24);1H. The Morgan fingerprint density at radius 3 is 2.33 bits per heavy atom. The molecule has 148 valence electrons. The number of ether oxygens (including phenoxy) is 2. The van der Waals surface area contributed by atoms with Crippen LogP contribution in [0.2, 0.25) is 0 Å². The van der Waals surface area contributed by atoms with Gasteiger partial charge < -0.3 is 20.1 Å². The van der Waals surface area contributed by atoms with Gasteiger partial charge in [-0.2, -0.15) is 0 Å². The molecule has 0 atom stereocenters. The monoisotopic (exact) mass is 483 g/mol. The Morgan fingerprint density at radius 1 is 1.00 bits per heavy atom. The second-order valence-corrected chi connectivity index (χ2v) is 6.21. The van der Waals surface area contributed by atoms with Crippen LogP contribution in [0.25, 0.3) is 0 Å². The molecule has 0 aromatic heterocycles. The summed E-state index contributed by atoms with van der Waals surface area (Å²) in [5.74, 6) is 2.51. The average Bonchev–Trinajstić information content (AvgIpc) is 2.64. The van der Waals surface area contributed by atoms with Gasteiger partial charge in [-0.3, -0.25) is 0 Å². The third-order valence-electron chi connectivity index (χ3n) is 3.63. The Bertz CT molecular complexity index is 720. The van der Waals surface area contributed by atoms with Gasteiger partial charge in [-0.15, -0.1) is 24.0 Å². The molecule has 0 aliphatic rings. The van der Waals surface area contributed by atoms with E-state index in [1.807, 2.05) is 50.2 Å². The van der Waals surface area contributed by atoms with Gasteiger partial charge in [0.05, 0.1) is 19.8 Å². The third kappa shape index (κ3) is 8.51. The van der Waals surface area contributed by atoms with Crippen LogP contribution in [0.5, 0.6) is 11.5 Å². The Labute approximate surface area is 179 Å². The number of halogens is 1. The van der Waals surface area contributed by atoms with Gasteiger partial charge >= 0.3 is 0 Å². The molecule has 5 nitrogen and oxygen atoms in total. The zero-order valence-electron chi connectivity index (χ0n) is 16.5. The first-order chi connectivity index (χ1) is 12.6. The molecule has 0 bridgehead atoms. The molecule has 0 aliphatic heterocycles. The second-order valence-electron chi connectivity index (χ2n) is 6.21. The van der Waals surface area contributed by atoms with Crippen LogP contribution in [0, 0.1) is 0 Å². The maximum absolute atomic E-state index is 5.74. The van der Waals surface area contributed by atoms with Crippen LogP contribution in [0.15, 0.2) is 53.5 Å². The van der Waals surface area contributed by atoms with Crippen LogP contribution in [-0.4, -0.2) is 25.7 Å². The van der Waals surface area contributed by atoms with Crippen LogP contribution >= 0.6 is 24.0 Å². The lowest BCUT2D eigenvalue weighted by Crippen LogP contribution is -2.36. The quantitative estimate of drug-likeness (QED) is 0.333. The van der Waals surface area contributed by atoms with Crippen molar-refractivity contribution in [2.75, 3.05) is 13.7 Å². The molecule has 0 saturated heterocycles.